The summed E-state index contributed by atoms with van der Waals surface area (Å²) in [6.45, 7) is 0.407. The highest BCUT2D eigenvalue weighted by Crippen LogP contribution is 2.18. The summed E-state index contributed by atoms with van der Waals surface area (Å²) in [4.78, 5) is 18.2. The molecule has 1 N–H and O–H groups in total. The molecular formula is C17H15FN4O. The maximum Gasteiger partial charge on any atom is 0.271 e. The molecule has 3 aromatic rings. The maximum atomic E-state index is 13.0. The van der Waals surface area contributed by atoms with Crippen LogP contribution in [0.1, 0.15) is 16.2 Å². The number of nitrogens with one attached hydrogen (secondary N) is 1. The van der Waals surface area contributed by atoms with E-state index in [-0.39, 0.29) is 11.7 Å². The van der Waals surface area contributed by atoms with E-state index in [1.54, 1.807) is 36.3 Å². The molecule has 6 heteroatoms. The molecule has 5 nitrogen and oxygen atoms in total. The van der Waals surface area contributed by atoms with E-state index >= 15 is 0 Å². The number of halogens is 1. The van der Waals surface area contributed by atoms with Crippen molar-refractivity contribution in [2.24, 2.45) is 0 Å². The Morgan fingerprint density at radius 1 is 1.22 bits per heavy atom. The number of pyridine rings is 1. The highest BCUT2D eigenvalue weighted by Gasteiger charge is 2.16. The number of nitrogens with zero attached hydrogens (tertiary/aromatic N) is 3. The quantitative estimate of drug-likeness (QED) is 0.806. The molecule has 0 saturated heterocycles. The van der Waals surface area contributed by atoms with E-state index in [0.29, 0.717) is 17.9 Å². The van der Waals surface area contributed by atoms with Gasteiger partial charge in [-0.15, -0.1) is 0 Å². The summed E-state index contributed by atoms with van der Waals surface area (Å²) >= 11 is 0. The van der Waals surface area contributed by atoms with Gasteiger partial charge in [-0.1, -0.05) is 6.07 Å². The number of amides is 1. The van der Waals surface area contributed by atoms with Crippen molar-refractivity contribution in [1.82, 2.24) is 20.1 Å². The molecule has 3 rings (SSSR count). The second-order valence-corrected chi connectivity index (χ2v) is 5.16. The zero-order valence-corrected chi connectivity index (χ0v) is 12.5. The molecule has 0 atom stereocenters. The normalized spacial score (nSPS) is 10.5. The number of aromatic amines is 1. The van der Waals surface area contributed by atoms with E-state index in [4.69, 9.17) is 0 Å². The molecule has 2 aromatic heterocycles. The van der Waals surface area contributed by atoms with Gasteiger partial charge in [0.25, 0.3) is 5.91 Å². The van der Waals surface area contributed by atoms with Crippen molar-refractivity contribution in [3.05, 3.63) is 71.9 Å². The molecule has 0 bridgehead atoms. The van der Waals surface area contributed by atoms with Crippen molar-refractivity contribution in [2.75, 3.05) is 7.05 Å². The first-order chi connectivity index (χ1) is 11.1. The van der Waals surface area contributed by atoms with Crippen molar-refractivity contribution in [2.45, 2.75) is 6.54 Å². The van der Waals surface area contributed by atoms with E-state index in [1.165, 1.54) is 12.1 Å². The number of aromatic nitrogens is 3. The lowest BCUT2D eigenvalue weighted by Gasteiger charge is -2.15. The van der Waals surface area contributed by atoms with Gasteiger partial charge < -0.3 is 4.90 Å². The number of hydrogen-bond donors (Lipinski definition) is 1. The van der Waals surface area contributed by atoms with Gasteiger partial charge in [-0.2, -0.15) is 5.10 Å². The molecule has 0 aliphatic heterocycles. The minimum absolute atomic E-state index is 0.184. The molecular weight excluding hydrogens is 295 g/mol. The Morgan fingerprint density at radius 3 is 2.70 bits per heavy atom. The smallest absolute Gasteiger partial charge is 0.271 e. The number of benzene rings is 1. The Balaban J connectivity index is 1.74. The number of carbonyl (C=O) groups is 1. The summed E-state index contributed by atoms with van der Waals surface area (Å²) in [7, 11) is 1.70. The molecule has 1 amide bonds. The van der Waals surface area contributed by atoms with Crippen molar-refractivity contribution in [3.63, 3.8) is 0 Å². The van der Waals surface area contributed by atoms with Crippen LogP contribution in [0, 0.1) is 5.82 Å². The summed E-state index contributed by atoms with van der Waals surface area (Å²) < 4.78 is 13.0. The van der Waals surface area contributed by atoms with Crippen molar-refractivity contribution in [3.8, 4) is 11.3 Å². The molecule has 0 fully saturated rings. The highest BCUT2D eigenvalue weighted by molar-refractivity contribution is 5.93. The lowest BCUT2D eigenvalue weighted by molar-refractivity contribution is 0.0777. The zero-order chi connectivity index (χ0) is 16.2. The summed E-state index contributed by atoms with van der Waals surface area (Å²) in [5, 5.41) is 6.85. The second-order valence-electron chi connectivity index (χ2n) is 5.16. The Kier molecular flexibility index (Phi) is 4.14. The first-order valence-electron chi connectivity index (χ1n) is 7.10. The Labute approximate surface area is 132 Å². The molecule has 0 spiro atoms. The van der Waals surface area contributed by atoms with E-state index in [9.17, 15) is 9.18 Å². The van der Waals surface area contributed by atoms with Crippen LogP contribution in [0.5, 0.6) is 0 Å². The number of hydrogen-bond acceptors (Lipinski definition) is 3. The van der Waals surface area contributed by atoms with Crippen LogP contribution in [0.3, 0.4) is 0 Å². The Bertz CT molecular complexity index is 799. The minimum Gasteiger partial charge on any atom is -0.334 e. The third-order valence-corrected chi connectivity index (χ3v) is 3.42. The minimum atomic E-state index is -0.310. The van der Waals surface area contributed by atoms with Crippen molar-refractivity contribution in [1.29, 1.82) is 0 Å². The van der Waals surface area contributed by atoms with Crippen molar-refractivity contribution < 1.29 is 9.18 Å². The van der Waals surface area contributed by atoms with Crippen LogP contribution in [-0.2, 0) is 6.54 Å². The average molecular weight is 310 g/mol. The highest BCUT2D eigenvalue weighted by atomic mass is 19.1. The molecule has 116 valence electrons. The predicted octanol–water partition coefficient (Wildman–Crippen LogP) is 2.88. The van der Waals surface area contributed by atoms with Gasteiger partial charge in [0.15, 0.2) is 0 Å². The van der Waals surface area contributed by atoms with Crippen LogP contribution < -0.4 is 0 Å². The number of carbonyl (C=O) groups excluding carboxylic acids is 1. The molecule has 0 unspecified atom stereocenters. The van der Waals surface area contributed by atoms with Gasteiger partial charge in [-0.05, 0) is 42.5 Å². The number of rotatable bonds is 4. The van der Waals surface area contributed by atoms with Crippen LogP contribution in [0.25, 0.3) is 11.3 Å². The second kappa shape index (κ2) is 6.39. The van der Waals surface area contributed by atoms with Gasteiger partial charge >= 0.3 is 0 Å². The van der Waals surface area contributed by atoms with Crippen LogP contribution >= 0.6 is 0 Å². The molecule has 0 radical (unpaired) electrons. The SMILES string of the molecule is CN(Cc1ccccn1)C(=O)c1cc(-c2ccc(F)cc2)n[nH]1. The van der Waals surface area contributed by atoms with Gasteiger partial charge in [0, 0.05) is 18.8 Å². The van der Waals surface area contributed by atoms with E-state index in [1.807, 2.05) is 18.2 Å². The summed E-state index contributed by atoms with van der Waals surface area (Å²) in [5.41, 5.74) is 2.53. The van der Waals surface area contributed by atoms with Crippen LogP contribution in [-0.4, -0.2) is 33.0 Å². The standard InChI is InChI=1S/C17H15FN4O/c1-22(11-14-4-2-3-9-19-14)17(23)16-10-15(20-21-16)12-5-7-13(18)8-6-12/h2-10H,11H2,1H3,(H,20,21). The fraction of sp³-hybridized carbons (Fsp3) is 0.118. The lowest BCUT2D eigenvalue weighted by atomic mass is 10.1. The first-order valence-corrected chi connectivity index (χ1v) is 7.10. The Morgan fingerprint density at radius 2 is 2.00 bits per heavy atom. The monoisotopic (exact) mass is 310 g/mol. The Hall–Kier alpha value is -3.02. The average Bonchev–Trinajstić information content (AvgIpc) is 3.05. The van der Waals surface area contributed by atoms with Crippen LogP contribution in [0.15, 0.2) is 54.7 Å². The third-order valence-electron chi connectivity index (χ3n) is 3.42. The summed E-state index contributed by atoms with van der Waals surface area (Å²) in [6, 6.07) is 13.2. The van der Waals surface area contributed by atoms with E-state index in [0.717, 1.165) is 11.3 Å². The van der Waals surface area contributed by atoms with Gasteiger partial charge in [0.05, 0.1) is 17.9 Å². The van der Waals surface area contributed by atoms with Crippen LogP contribution in [0.2, 0.25) is 0 Å². The predicted molar refractivity (Wildman–Crippen MR) is 84.0 cm³/mol. The van der Waals surface area contributed by atoms with Gasteiger partial charge in [-0.25, -0.2) is 4.39 Å². The van der Waals surface area contributed by atoms with Crippen LogP contribution in [0.4, 0.5) is 4.39 Å². The first kappa shape index (κ1) is 14.9. The van der Waals surface area contributed by atoms with E-state index < -0.39 is 0 Å². The summed E-state index contributed by atoms with van der Waals surface area (Å²) in [5.74, 6) is -0.493. The largest absolute Gasteiger partial charge is 0.334 e. The van der Waals surface area contributed by atoms with Gasteiger partial charge in [0.1, 0.15) is 11.5 Å². The van der Waals surface area contributed by atoms with Crippen molar-refractivity contribution >= 4 is 5.91 Å². The molecule has 1 aromatic carbocycles. The fourth-order valence-electron chi connectivity index (χ4n) is 2.21. The van der Waals surface area contributed by atoms with Gasteiger partial charge in [0.2, 0.25) is 0 Å². The van der Waals surface area contributed by atoms with E-state index in [2.05, 4.69) is 15.2 Å². The zero-order valence-electron chi connectivity index (χ0n) is 12.5. The fourth-order valence-corrected chi connectivity index (χ4v) is 2.21. The molecule has 23 heavy (non-hydrogen) atoms. The summed E-state index contributed by atoms with van der Waals surface area (Å²) in [6.07, 6.45) is 1.69. The number of H-pyrrole nitrogens is 1. The van der Waals surface area contributed by atoms with Gasteiger partial charge in [-0.3, -0.25) is 14.9 Å². The third kappa shape index (κ3) is 3.42. The lowest BCUT2D eigenvalue weighted by Crippen LogP contribution is -2.26. The molecule has 2 heterocycles. The maximum absolute atomic E-state index is 13.0. The molecule has 0 saturated carbocycles. The molecule has 0 aliphatic carbocycles. The topological polar surface area (TPSA) is 61.9 Å². The molecule has 0 aliphatic rings.